The van der Waals surface area contributed by atoms with Crippen LogP contribution in [0.4, 0.5) is 18.3 Å². The van der Waals surface area contributed by atoms with Gasteiger partial charge in [0.2, 0.25) is 5.91 Å². The van der Waals surface area contributed by atoms with Crippen LogP contribution in [0.15, 0.2) is 41.5 Å². The Labute approximate surface area is 193 Å². The number of hydrogen-bond donors (Lipinski definition) is 1. The molecule has 0 fully saturated rings. The molecule has 2 heterocycles. The van der Waals surface area contributed by atoms with Crippen LogP contribution >= 0.6 is 11.3 Å². The van der Waals surface area contributed by atoms with Gasteiger partial charge >= 0.3 is 6.36 Å². The summed E-state index contributed by atoms with van der Waals surface area (Å²) < 4.78 is 53.2. The summed E-state index contributed by atoms with van der Waals surface area (Å²) in [5.41, 5.74) is 0.483. The van der Waals surface area contributed by atoms with Crippen LogP contribution in [0.5, 0.6) is 17.2 Å². The highest BCUT2D eigenvalue weighted by Gasteiger charge is 2.31. The first-order valence-electron chi connectivity index (χ1n) is 9.74. The number of halogens is 3. The van der Waals surface area contributed by atoms with Gasteiger partial charge in [-0.25, -0.2) is 9.97 Å². The zero-order valence-corrected chi connectivity index (χ0v) is 18.6. The number of aromatic nitrogens is 3. The lowest BCUT2D eigenvalue weighted by Crippen LogP contribution is -2.23. The summed E-state index contributed by atoms with van der Waals surface area (Å²) in [6.45, 7) is 0.0520. The van der Waals surface area contributed by atoms with E-state index in [0.717, 1.165) is 17.4 Å². The predicted octanol–water partition coefficient (Wildman–Crippen LogP) is 3.95. The number of fused-ring (bicyclic) bond motifs is 2. The van der Waals surface area contributed by atoms with Crippen LogP contribution < -0.4 is 25.1 Å². The summed E-state index contributed by atoms with van der Waals surface area (Å²) in [5.74, 6) is 0.0139. The number of amides is 1. The minimum Gasteiger partial charge on any atom is -0.493 e. The summed E-state index contributed by atoms with van der Waals surface area (Å²) in [6, 6.07) is 6.82. The molecule has 4 aromatic rings. The van der Waals surface area contributed by atoms with E-state index in [1.54, 1.807) is 6.07 Å². The Balaban J connectivity index is 1.46. The zero-order chi connectivity index (χ0) is 24.5. The van der Waals surface area contributed by atoms with Gasteiger partial charge in [0, 0.05) is 25.1 Å². The van der Waals surface area contributed by atoms with E-state index in [1.807, 2.05) is 0 Å². The molecule has 2 aromatic heterocycles. The number of methoxy groups -OCH3 is 2. The molecule has 0 radical (unpaired) electrons. The Bertz CT molecular complexity index is 1430. The van der Waals surface area contributed by atoms with E-state index in [1.165, 1.54) is 43.3 Å². The van der Waals surface area contributed by atoms with E-state index in [9.17, 15) is 22.8 Å². The highest BCUT2D eigenvalue weighted by atomic mass is 32.1. The third-order valence-electron chi connectivity index (χ3n) is 4.75. The van der Waals surface area contributed by atoms with E-state index in [4.69, 9.17) is 9.47 Å². The highest BCUT2D eigenvalue weighted by molar-refractivity contribution is 7.22. The molecular weight excluding hydrogens is 477 g/mol. The molecule has 2 aromatic carbocycles. The van der Waals surface area contributed by atoms with Gasteiger partial charge in [-0.05, 0) is 18.2 Å². The largest absolute Gasteiger partial charge is 0.573 e. The van der Waals surface area contributed by atoms with Crippen LogP contribution in [0.3, 0.4) is 0 Å². The molecule has 0 unspecified atom stereocenters. The van der Waals surface area contributed by atoms with Gasteiger partial charge in [0.1, 0.15) is 5.75 Å². The molecule has 0 bridgehead atoms. The third-order valence-corrected chi connectivity index (χ3v) is 5.68. The van der Waals surface area contributed by atoms with Gasteiger partial charge in [-0.1, -0.05) is 11.3 Å². The summed E-state index contributed by atoms with van der Waals surface area (Å²) in [5, 5.41) is 3.11. The Kier molecular flexibility index (Phi) is 6.28. The number of benzene rings is 2. The molecule has 0 atom stereocenters. The van der Waals surface area contributed by atoms with Crippen LogP contribution in [0.1, 0.15) is 6.42 Å². The lowest BCUT2D eigenvalue weighted by atomic mass is 10.2. The smallest absolute Gasteiger partial charge is 0.493 e. The van der Waals surface area contributed by atoms with Crippen molar-refractivity contribution in [2.45, 2.75) is 19.3 Å². The SMILES string of the molecule is COc1cc2ncn(CCC(=O)Nc3nc4ccc(OC(F)(F)F)cc4s3)c(=O)c2cc1OC. The molecule has 34 heavy (non-hydrogen) atoms. The van der Waals surface area contributed by atoms with Crippen molar-refractivity contribution in [3.63, 3.8) is 0 Å². The quantitative estimate of drug-likeness (QED) is 0.415. The number of ether oxygens (including phenoxy) is 3. The lowest BCUT2D eigenvalue weighted by molar-refractivity contribution is -0.274. The molecule has 1 amide bonds. The normalized spacial score (nSPS) is 11.6. The van der Waals surface area contributed by atoms with Crippen molar-refractivity contribution in [3.8, 4) is 17.2 Å². The van der Waals surface area contributed by atoms with Gasteiger partial charge in [-0.15, -0.1) is 13.2 Å². The topological polar surface area (TPSA) is 105 Å². The van der Waals surface area contributed by atoms with Crippen LogP contribution in [-0.4, -0.2) is 41.0 Å². The first kappa shape index (κ1) is 23.3. The molecule has 13 heteroatoms. The molecule has 0 aliphatic carbocycles. The third kappa shape index (κ3) is 5.03. The highest BCUT2D eigenvalue weighted by Crippen LogP contribution is 2.32. The van der Waals surface area contributed by atoms with Crippen LogP contribution in [0.25, 0.3) is 21.1 Å². The first-order valence-corrected chi connectivity index (χ1v) is 10.6. The zero-order valence-electron chi connectivity index (χ0n) is 17.8. The maximum atomic E-state index is 12.8. The minimum atomic E-state index is -4.80. The molecule has 0 spiro atoms. The Hall–Kier alpha value is -3.87. The van der Waals surface area contributed by atoms with E-state index >= 15 is 0 Å². The number of alkyl halides is 3. The van der Waals surface area contributed by atoms with Crippen molar-refractivity contribution in [1.29, 1.82) is 0 Å². The fourth-order valence-electron chi connectivity index (χ4n) is 3.20. The molecule has 0 saturated heterocycles. The second-order valence-electron chi connectivity index (χ2n) is 6.96. The molecule has 9 nitrogen and oxygen atoms in total. The number of nitrogens with one attached hydrogen (secondary N) is 1. The number of carbonyl (C=O) groups excluding carboxylic acids is 1. The van der Waals surface area contributed by atoms with Crippen molar-refractivity contribution in [2.75, 3.05) is 19.5 Å². The number of hydrogen-bond acceptors (Lipinski definition) is 8. The van der Waals surface area contributed by atoms with Crippen LogP contribution in [0, 0.1) is 0 Å². The molecular formula is C21H17F3N4O5S. The second-order valence-corrected chi connectivity index (χ2v) is 7.99. The molecule has 178 valence electrons. The second kappa shape index (κ2) is 9.17. The van der Waals surface area contributed by atoms with Gasteiger partial charge in [-0.2, -0.15) is 0 Å². The minimum absolute atomic E-state index is 0.0520. The fourth-order valence-corrected chi connectivity index (χ4v) is 4.11. The van der Waals surface area contributed by atoms with Crippen molar-refractivity contribution in [3.05, 3.63) is 47.0 Å². The van der Waals surface area contributed by atoms with Crippen molar-refractivity contribution in [2.24, 2.45) is 0 Å². The number of aryl methyl sites for hydroxylation is 1. The molecule has 0 saturated carbocycles. The average molecular weight is 494 g/mol. The maximum absolute atomic E-state index is 12.8. The Morgan fingerprint density at radius 1 is 1.12 bits per heavy atom. The summed E-state index contributed by atoms with van der Waals surface area (Å²) in [7, 11) is 2.93. The Morgan fingerprint density at radius 3 is 2.56 bits per heavy atom. The van der Waals surface area contributed by atoms with Gasteiger partial charge in [0.25, 0.3) is 5.56 Å². The van der Waals surface area contributed by atoms with Crippen LogP contribution in [-0.2, 0) is 11.3 Å². The number of nitrogens with zero attached hydrogens (tertiary/aromatic N) is 3. The van der Waals surface area contributed by atoms with Crippen molar-refractivity contribution in [1.82, 2.24) is 14.5 Å². The number of anilines is 1. The molecule has 4 rings (SSSR count). The molecule has 1 N–H and O–H groups in total. The standard InChI is InChI=1S/C21H17F3N4O5S/c1-31-15-8-12-14(9-16(15)32-2)25-10-28(19(12)30)6-5-18(29)27-20-26-13-4-3-11(7-17(13)34-20)33-21(22,23)24/h3-4,7-10H,5-6H2,1-2H3,(H,26,27,29). The van der Waals surface area contributed by atoms with Gasteiger partial charge in [-0.3, -0.25) is 14.2 Å². The average Bonchev–Trinajstić information content (AvgIpc) is 3.18. The summed E-state index contributed by atoms with van der Waals surface area (Å²) >= 11 is 1.00. The molecule has 0 aliphatic heterocycles. The van der Waals surface area contributed by atoms with E-state index in [-0.39, 0.29) is 29.4 Å². The monoisotopic (exact) mass is 494 g/mol. The van der Waals surface area contributed by atoms with Gasteiger partial charge in [0.15, 0.2) is 16.6 Å². The summed E-state index contributed by atoms with van der Waals surface area (Å²) in [6.07, 6.45) is -3.52. The number of rotatable bonds is 7. The van der Waals surface area contributed by atoms with Crippen molar-refractivity contribution < 1.29 is 32.2 Å². The van der Waals surface area contributed by atoms with Gasteiger partial charge in [0.05, 0.1) is 41.7 Å². The van der Waals surface area contributed by atoms with Crippen LogP contribution in [0.2, 0.25) is 0 Å². The van der Waals surface area contributed by atoms with Crippen molar-refractivity contribution >= 4 is 43.5 Å². The van der Waals surface area contributed by atoms with E-state index < -0.39 is 12.3 Å². The number of carbonyl (C=O) groups is 1. The van der Waals surface area contributed by atoms with E-state index in [0.29, 0.717) is 32.6 Å². The molecule has 0 aliphatic rings. The van der Waals surface area contributed by atoms with Gasteiger partial charge < -0.3 is 19.5 Å². The number of thiazole rings is 1. The fraction of sp³-hybridized carbons (Fsp3) is 0.238. The first-order chi connectivity index (χ1) is 16.2. The lowest BCUT2D eigenvalue weighted by Gasteiger charge is -2.10. The summed E-state index contributed by atoms with van der Waals surface area (Å²) in [4.78, 5) is 33.6. The Morgan fingerprint density at radius 2 is 1.85 bits per heavy atom. The maximum Gasteiger partial charge on any atom is 0.573 e. The van der Waals surface area contributed by atoms with E-state index in [2.05, 4.69) is 20.0 Å². The predicted molar refractivity (Wildman–Crippen MR) is 119 cm³/mol.